The zero-order valence-electron chi connectivity index (χ0n) is 10.5. The van der Waals surface area contributed by atoms with Crippen molar-refractivity contribution in [1.82, 2.24) is 19.8 Å². The number of rotatable bonds is 3. The van der Waals surface area contributed by atoms with Crippen LogP contribution in [-0.2, 0) is 0 Å². The fraction of sp³-hybridized carbons (Fsp3) is 0.0833. The van der Waals surface area contributed by atoms with Crippen molar-refractivity contribution >= 4 is 11.3 Å². The van der Waals surface area contributed by atoms with E-state index in [1.54, 1.807) is 37.4 Å². The number of benzene rings is 1. The summed E-state index contributed by atoms with van der Waals surface area (Å²) in [4.78, 5) is 11.4. The van der Waals surface area contributed by atoms with Gasteiger partial charge < -0.3 is 15.2 Å². The van der Waals surface area contributed by atoms with Crippen LogP contribution in [0.3, 0.4) is 0 Å². The fourth-order valence-corrected chi connectivity index (χ4v) is 1.68. The van der Waals surface area contributed by atoms with Crippen molar-refractivity contribution < 1.29 is 9.47 Å². The van der Waals surface area contributed by atoms with Crippen molar-refractivity contribution in [3.63, 3.8) is 0 Å². The minimum atomic E-state index is -0.441. The molecular weight excluding hydrogens is 262 g/mol. The van der Waals surface area contributed by atoms with Crippen LogP contribution < -0.4 is 20.9 Å². The van der Waals surface area contributed by atoms with Crippen molar-refractivity contribution in [3.05, 3.63) is 40.8 Å². The molecular formula is C12H11N5O3. The van der Waals surface area contributed by atoms with Gasteiger partial charge in [0.15, 0.2) is 11.4 Å². The molecule has 0 bridgehead atoms. The second kappa shape index (κ2) is 4.57. The predicted molar refractivity (Wildman–Crippen MR) is 71.1 cm³/mol. The molecule has 2 aromatic heterocycles. The van der Waals surface area contributed by atoms with Crippen LogP contribution in [0.5, 0.6) is 17.4 Å². The van der Waals surface area contributed by atoms with Gasteiger partial charge in [0.1, 0.15) is 5.75 Å². The Bertz CT molecular complexity index is 823. The summed E-state index contributed by atoms with van der Waals surface area (Å²) in [6, 6.07) is 8.22. The van der Waals surface area contributed by atoms with E-state index in [-0.39, 0.29) is 5.88 Å². The van der Waals surface area contributed by atoms with Crippen molar-refractivity contribution in [2.75, 3.05) is 12.8 Å². The van der Waals surface area contributed by atoms with E-state index in [4.69, 9.17) is 15.2 Å². The number of ether oxygens (including phenoxy) is 2. The summed E-state index contributed by atoms with van der Waals surface area (Å²) in [5.74, 6) is 1.23. The Hall–Kier alpha value is -3.03. The van der Waals surface area contributed by atoms with Gasteiger partial charge in [-0.15, -0.1) is 5.10 Å². The minimum Gasteiger partial charge on any atom is -0.497 e. The summed E-state index contributed by atoms with van der Waals surface area (Å²) in [5, 5.41) is 10.1. The van der Waals surface area contributed by atoms with Gasteiger partial charge in [-0.05, 0) is 18.2 Å². The molecule has 0 atom stereocenters. The molecule has 8 heteroatoms. The van der Waals surface area contributed by atoms with Gasteiger partial charge in [0.25, 0.3) is 0 Å². The number of methoxy groups -OCH3 is 1. The van der Waals surface area contributed by atoms with Crippen LogP contribution >= 0.6 is 0 Å². The Labute approximate surface area is 112 Å². The third kappa shape index (κ3) is 2.03. The van der Waals surface area contributed by atoms with E-state index in [1.807, 2.05) is 0 Å². The molecule has 3 aromatic rings. The Morgan fingerprint density at radius 2 is 2.15 bits per heavy atom. The number of hydrogen-bond acceptors (Lipinski definition) is 6. The molecule has 2 heterocycles. The second-order valence-electron chi connectivity index (χ2n) is 3.98. The molecule has 0 aliphatic rings. The molecule has 1 aromatic carbocycles. The van der Waals surface area contributed by atoms with E-state index in [0.717, 1.165) is 4.52 Å². The largest absolute Gasteiger partial charge is 0.497 e. The molecule has 0 saturated carbocycles. The highest BCUT2D eigenvalue weighted by Crippen LogP contribution is 2.30. The van der Waals surface area contributed by atoms with E-state index in [1.165, 1.54) is 0 Å². The lowest BCUT2D eigenvalue weighted by Gasteiger charge is -2.09. The van der Waals surface area contributed by atoms with Crippen molar-refractivity contribution in [2.45, 2.75) is 0 Å². The molecule has 0 amide bonds. The summed E-state index contributed by atoms with van der Waals surface area (Å²) in [6.07, 6.45) is 0. The Morgan fingerprint density at radius 3 is 2.95 bits per heavy atom. The smallest absolute Gasteiger partial charge is 0.364 e. The monoisotopic (exact) mass is 273 g/mol. The molecule has 0 aliphatic heterocycles. The normalized spacial score (nSPS) is 10.7. The summed E-state index contributed by atoms with van der Waals surface area (Å²) >= 11 is 0. The summed E-state index contributed by atoms with van der Waals surface area (Å²) < 4.78 is 11.8. The zero-order valence-corrected chi connectivity index (χ0v) is 10.5. The highest BCUT2D eigenvalue weighted by molar-refractivity contribution is 5.56. The minimum absolute atomic E-state index is 0.223. The van der Waals surface area contributed by atoms with Gasteiger partial charge in [-0.25, -0.2) is 9.89 Å². The van der Waals surface area contributed by atoms with Gasteiger partial charge in [0, 0.05) is 12.1 Å². The zero-order chi connectivity index (χ0) is 14.1. The van der Waals surface area contributed by atoms with E-state index in [0.29, 0.717) is 22.8 Å². The standard InChI is InChI=1S/C12H11N5O3/c1-19-7-2-3-8(13)9(6-7)20-11-5-4-10-14-15-12(18)17(10)16-11/h2-6H,13H2,1H3,(H,15,18). The quantitative estimate of drug-likeness (QED) is 0.683. The van der Waals surface area contributed by atoms with Crippen LogP contribution in [0.4, 0.5) is 5.69 Å². The topological polar surface area (TPSA) is 108 Å². The molecule has 0 saturated heterocycles. The van der Waals surface area contributed by atoms with Crippen LogP contribution in [-0.4, -0.2) is 26.9 Å². The molecule has 0 aliphatic carbocycles. The molecule has 8 nitrogen and oxygen atoms in total. The summed E-state index contributed by atoms with van der Waals surface area (Å²) in [5.41, 5.74) is 6.22. The fourth-order valence-electron chi connectivity index (χ4n) is 1.68. The van der Waals surface area contributed by atoms with E-state index in [9.17, 15) is 4.79 Å². The first kappa shape index (κ1) is 12.0. The van der Waals surface area contributed by atoms with E-state index < -0.39 is 5.69 Å². The maximum atomic E-state index is 11.4. The first-order valence-electron chi connectivity index (χ1n) is 5.73. The number of nitrogens with one attached hydrogen (secondary N) is 1. The van der Waals surface area contributed by atoms with Crippen LogP contribution in [0.2, 0.25) is 0 Å². The number of nitrogen functional groups attached to an aromatic ring is 1. The van der Waals surface area contributed by atoms with Crippen LogP contribution in [0.1, 0.15) is 0 Å². The number of nitrogens with zero attached hydrogens (tertiary/aromatic N) is 3. The maximum absolute atomic E-state index is 11.4. The first-order valence-corrected chi connectivity index (χ1v) is 5.73. The lowest BCUT2D eigenvalue weighted by Crippen LogP contribution is -2.12. The predicted octanol–water partition coefficient (Wildman–Crippen LogP) is 0.801. The third-order valence-electron chi connectivity index (χ3n) is 2.68. The second-order valence-corrected chi connectivity index (χ2v) is 3.98. The number of nitrogens with two attached hydrogens (primary N) is 1. The molecule has 0 fully saturated rings. The Kier molecular flexibility index (Phi) is 2.75. The molecule has 0 unspecified atom stereocenters. The van der Waals surface area contributed by atoms with Gasteiger partial charge in [-0.3, -0.25) is 0 Å². The maximum Gasteiger partial charge on any atom is 0.364 e. The summed E-state index contributed by atoms with van der Waals surface area (Å²) in [6.45, 7) is 0. The SMILES string of the molecule is COc1ccc(N)c(Oc2ccc3n[nH]c(=O)n3n2)c1. The first-order chi connectivity index (χ1) is 9.67. The van der Waals surface area contributed by atoms with Crippen molar-refractivity contribution in [3.8, 4) is 17.4 Å². The average molecular weight is 273 g/mol. The number of hydrogen-bond donors (Lipinski definition) is 2. The molecule has 102 valence electrons. The van der Waals surface area contributed by atoms with Crippen LogP contribution in [0, 0.1) is 0 Å². The lowest BCUT2D eigenvalue weighted by molar-refractivity contribution is 0.406. The molecule has 3 N–H and O–H groups in total. The van der Waals surface area contributed by atoms with Gasteiger partial charge >= 0.3 is 5.69 Å². The van der Waals surface area contributed by atoms with Crippen molar-refractivity contribution in [1.29, 1.82) is 0 Å². The molecule has 20 heavy (non-hydrogen) atoms. The van der Waals surface area contributed by atoms with E-state index in [2.05, 4.69) is 15.3 Å². The molecule has 3 rings (SSSR count). The summed E-state index contributed by atoms with van der Waals surface area (Å²) in [7, 11) is 1.55. The Balaban J connectivity index is 2.00. The lowest BCUT2D eigenvalue weighted by atomic mass is 10.3. The number of H-pyrrole nitrogens is 1. The number of aromatic nitrogens is 4. The number of anilines is 1. The van der Waals surface area contributed by atoms with Crippen molar-refractivity contribution in [2.24, 2.45) is 0 Å². The van der Waals surface area contributed by atoms with Crippen LogP contribution in [0.25, 0.3) is 5.65 Å². The Morgan fingerprint density at radius 1 is 1.30 bits per heavy atom. The number of aromatic amines is 1. The third-order valence-corrected chi connectivity index (χ3v) is 2.68. The van der Waals surface area contributed by atoms with Gasteiger partial charge in [-0.1, -0.05) is 0 Å². The van der Waals surface area contributed by atoms with Gasteiger partial charge in [0.2, 0.25) is 5.88 Å². The van der Waals surface area contributed by atoms with Gasteiger partial charge in [0.05, 0.1) is 12.8 Å². The highest BCUT2D eigenvalue weighted by atomic mass is 16.5. The average Bonchev–Trinajstić information content (AvgIpc) is 2.83. The molecule has 0 radical (unpaired) electrons. The van der Waals surface area contributed by atoms with Crippen LogP contribution in [0.15, 0.2) is 35.1 Å². The highest BCUT2D eigenvalue weighted by Gasteiger charge is 2.08. The number of fused-ring (bicyclic) bond motifs is 1. The molecule has 0 spiro atoms. The van der Waals surface area contributed by atoms with Gasteiger partial charge in [-0.2, -0.15) is 9.61 Å². The van der Waals surface area contributed by atoms with E-state index >= 15 is 0 Å².